The van der Waals surface area contributed by atoms with Gasteiger partial charge in [-0.15, -0.1) is 0 Å². The van der Waals surface area contributed by atoms with Gasteiger partial charge in [0, 0.05) is 19.6 Å². The number of ether oxygens (including phenoxy) is 2. The monoisotopic (exact) mass is 319 g/mol. The molecule has 1 aliphatic rings. The van der Waals surface area contributed by atoms with Crippen molar-refractivity contribution in [2.24, 2.45) is 10.7 Å². The Labute approximate surface area is 139 Å². The second-order valence-corrected chi connectivity index (χ2v) is 5.93. The zero-order chi connectivity index (χ0) is 16.5. The molecule has 1 heterocycles. The molecular weight excluding hydrogens is 290 g/mol. The summed E-state index contributed by atoms with van der Waals surface area (Å²) in [4.78, 5) is 6.77. The molecule has 0 saturated carbocycles. The van der Waals surface area contributed by atoms with Crippen LogP contribution in [0.25, 0.3) is 0 Å². The van der Waals surface area contributed by atoms with Crippen LogP contribution in [0.2, 0.25) is 0 Å². The second kappa shape index (κ2) is 9.28. The molecule has 128 valence electrons. The maximum atomic E-state index is 6.12. The molecule has 0 radical (unpaired) electrons. The molecule has 1 aromatic carbocycles. The van der Waals surface area contributed by atoms with Crippen molar-refractivity contribution in [1.29, 1.82) is 0 Å². The number of hydrogen-bond donors (Lipinski definition) is 1. The molecule has 1 aliphatic heterocycles. The topological polar surface area (TPSA) is 60.1 Å². The molecule has 2 N–H and O–H groups in total. The van der Waals surface area contributed by atoms with Gasteiger partial charge in [-0.3, -0.25) is 4.99 Å². The third-order valence-electron chi connectivity index (χ3n) is 4.28. The molecule has 0 unspecified atom stereocenters. The van der Waals surface area contributed by atoms with Gasteiger partial charge < -0.3 is 20.1 Å². The first-order chi connectivity index (χ1) is 11.2. The van der Waals surface area contributed by atoms with E-state index in [0.29, 0.717) is 5.96 Å². The molecule has 0 aromatic heterocycles. The third kappa shape index (κ3) is 5.34. The minimum absolute atomic E-state index is 0.708. The maximum Gasteiger partial charge on any atom is 0.191 e. The van der Waals surface area contributed by atoms with Crippen LogP contribution in [0.15, 0.2) is 23.2 Å². The van der Waals surface area contributed by atoms with Crippen molar-refractivity contribution in [3.05, 3.63) is 23.8 Å². The van der Waals surface area contributed by atoms with E-state index in [9.17, 15) is 0 Å². The van der Waals surface area contributed by atoms with E-state index in [1.165, 1.54) is 31.2 Å². The Morgan fingerprint density at radius 1 is 1.09 bits per heavy atom. The van der Waals surface area contributed by atoms with Gasteiger partial charge in [-0.1, -0.05) is 18.9 Å². The van der Waals surface area contributed by atoms with Crippen LogP contribution in [0.4, 0.5) is 0 Å². The van der Waals surface area contributed by atoms with Crippen molar-refractivity contribution in [3.63, 3.8) is 0 Å². The van der Waals surface area contributed by atoms with Gasteiger partial charge in [0.1, 0.15) is 0 Å². The predicted octanol–water partition coefficient (Wildman–Crippen LogP) is 2.83. The van der Waals surface area contributed by atoms with Crippen LogP contribution in [0.5, 0.6) is 11.5 Å². The number of nitrogens with two attached hydrogens (primary N) is 1. The summed E-state index contributed by atoms with van der Waals surface area (Å²) in [7, 11) is 3.31. The fraction of sp³-hybridized carbons (Fsp3) is 0.611. The Bertz CT molecular complexity index is 509. The summed E-state index contributed by atoms with van der Waals surface area (Å²) in [5.41, 5.74) is 7.35. The lowest BCUT2D eigenvalue weighted by atomic mass is 10.1. The molecule has 1 aromatic rings. The maximum absolute atomic E-state index is 6.12. The minimum Gasteiger partial charge on any atom is -0.493 e. The summed E-state index contributed by atoms with van der Waals surface area (Å²) in [6.45, 7) is 2.85. The quantitative estimate of drug-likeness (QED) is 0.497. The van der Waals surface area contributed by atoms with Crippen LogP contribution >= 0.6 is 0 Å². The minimum atomic E-state index is 0.708. The van der Waals surface area contributed by atoms with E-state index in [0.717, 1.165) is 44.0 Å². The lowest BCUT2D eigenvalue weighted by Crippen LogP contribution is -2.38. The smallest absolute Gasteiger partial charge is 0.191 e. The van der Waals surface area contributed by atoms with E-state index in [2.05, 4.69) is 16.0 Å². The first kappa shape index (κ1) is 17.4. The number of benzene rings is 1. The summed E-state index contributed by atoms with van der Waals surface area (Å²) in [5.74, 6) is 2.25. The first-order valence-electron chi connectivity index (χ1n) is 8.50. The number of aliphatic imine (C=N–C) groups is 1. The van der Waals surface area contributed by atoms with E-state index in [1.54, 1.807) is 14.2 Å². The van der Waals surface area contributed by atoms with Crippen LogP contribution in [0, 0.1) is 0 Å². The second-order valence-electron chi connectivity index (χ2n) is 5.93. The molecule has 0 aliphatic carbocycles. The Morgan fingerprint density at radius 3 is 2.43 bits per heavy atom. The van der Waals surface area contributed by atoms with Crippen LogP contribution in [-0.4, -0.2) is 44.7 Å². The fourth-order valence-electron chi connectivity index (χ4n) is 2.91. The van der Waals surface area contributed by atoms with Gasteiger partial charge in [0.25, 0.3) is 0 Å². The molecule has 1 fully saturated rings. The molecule has 0 bridgehead atoms. The Morgan fingerprint density at radius 2 is 1.78 bits per heavy atom. The first-order valence-corrected chi connectivity index (χ1v) is 8.50. The highest BCUT2D eigenvalue weighted by molar-refractivity contribution is 5.78. The highest BCUT2D eigenvalue weighted by Gasteiger charge is 2.10. The van der Waals surface area contributed by atoms with Crippen LogP contribution in [-0.2, 0) is 6.42 Å². The zero-order valence-electron chi connectivity index (χ0n) is 14.4. The lowest BCUT2D eigenvalue weighted by molar-refractivity contribution is 0.354. The van der Waals surface area contributed by atoms with E-state index in [-0.39, 0.29) is 0 Å². The Kier molecular flexibility index (Phi) is 7.04. The summed E-state index contributed by atoms with van der Waals surface area (Å²) < 4.78 is 10.6. The van der Waals surface area contributed by atoms with Gasteiger partial charge in [0.2, 0.25) is 0 Å². The molecule has 0 amide bonds. The van der Waals surface area contributed by atoms with Crippen molar-refractivity contribution in [1.82, 2.24) is 4.90 Å². The van der Waals surface area contributed by atoms with Crippen molar-refractivity contribution >= 4 is 5.96 Å². The predicted molar refractivity (Wildman–Crippen MR) is 94.4 cm³/mol. The van der Waals surface area contributed by atoms with Gasteiger partial charge in [0.05, 0.1) is 14.2 Å². The number of aryl methyl sites for hydroxylation is 1. The molecule has 0 atom stereocenters. The number of nitrogens with zero attached hydrogens (tertiary/aromatic N) is 2. The summed E-state index contributed by atoms with van der Waals surface area (Å²) >= 11 is 0. The molecule has 5 nitrogen and oxygen atoms in total. The number of guanidine groups is 1. The number of methoxy groups -OCH3 is 2. The molecule has 23 heavy (non-hydrogen) atoms. The van der Waals surface area contributed by atoms with Crippen LogP contribution in [0.1, 0.15) is 37.7 Å². The van der Waals surface area contributed by atoms with E-state index in [4.69, 9.17) is 15.2 Å². The molecule has 5 heteroatoms. The van der Waals surface area contributed by atoms with Gasteiger partial charge in [-0.25, -0.2) is 0 Å². The summed E-state index contributed by atoms with van der Waals surface area (Å²) in [6, 6.07) is 6.05. The van der Waals surface area contributed by atoms with E-state index < -0.39 is 0 Å². The third-order valence-corrected chi connectivity index (χ3v) is 4.28. The van der Waals surface area contributed by atoms with E-state index in [1.807, 2.05) is 12.1 Å². The van der Waals surface area contributed by atoms with Crippen molar-refractivity contribution < 1.29 is 9.47 Å². The van der Waals surface area contributed by atoms with Gasteiger partial charge in [0.15, 0.2) is 17.5 Å². The van der Waals surface area contributed by atoms with Crippen LogP contribution in [0.3, 0.4) is 0 Å². The fourth-order valence-corrected chi connectivity index (χ4v) is 2.91. The van der Waals surface area contributed by atoms with Gasteiger partial charge in [-0.05, 0) is 43.4 Å². The molecular formula is C18H29N3O2. The summed E-state index contributed by atoms with van der Waals surface area (Å²) in [6.07, 6.45) is 7.00. The highest BCUT2D eigenvalue weighted by atomic mass is 16.5. The SMILES string of the molecule is COc1ccc(CCCN=C(N)N2CCCCCC2)cc1OC. The largest absolute Gasteiger partial charge is 0.493 e. The van der Waals surface area contributed by atoms with Gasteiger partial charge in [-0.2, -0.15) is 0 Å². The van der Waals surface area contributed by atoms with Crippen molar-refractivity contribution in [2.45, 2.75) is 38.5 Å². The number of rotatable bonds is 6. The zero-order valence-corrected chi connectivity index (χ0v) is 14.4. The average Bonchev–Trinajstić information content (AvgIpc) is 2.87. The van der Waals surface area contributed by atoms with E-state index >= 15 is 0 Å². The average molecular weight is 319 g/mol. The molecule has 2 rings (SSSR count). The van der Waals surface area contributed by atoms with Crippen molar-refractivity contribution in [3.8, 4) is 11.5 Å². The summed E-state index contributed by atoms with van der Waals surface area (Å²) in [5, 5.41) is 0. The number of likely N-dealkylation sites (tertiary alicyclic amines) is 1. The lowest BCUT2D eigenvalue weighted by Gasteiger charge is -2.21. The van der Waals surface area contributed by atoms with Gasteiger partial charge >= 0.3 is 0 Å². The normalized spacial score (nSPS) is 16.1. The highest BCUT2D eigenvalue weighted by Crippen LogP contribution is 2.27. The Balaban J connectivity index is 1.81. The van der Waals surface area contributed by atoms with Crippen LogP contribution < -0.4 is 15.2 Å². The molecule has 1 saturated heterocycles. The molecule has 0 spiro atoms. The standard InChI is InChI=1S/C18H29N3O2/c1-22-16-10-9-15(14-17(16)23-2)8-7-11-20-18(19)21-12-5-3-4-6-13-21/h9-10,14H,3-8,11-13H2,1-2H3,(H2,19,20). The number of hydrogen-bond acceptors (Lipinski definition) is 3. The van der Waals surface area contributed by atoms with Crippen molar-refractivity contribution in [2.75, 3.05) is 33.9 Å². The Hall–Kier alpha value is -1.91.